The average molecular weight is 311 g/mol. The van der Waals surface area contributed by atoms with E-state index in [1.54, 1.807) is 28.8 Å². The van der Waals surface area contributed by atoms with Crippen LogP contribution in [0.5, 0.6) is 0 Å². The van der Waals surface area contributed by atoms with Gasteiger partial charge in [-0.25, -0.2) is 4.79 Å². The van der Waals surface area contributed by atoms with Crippen molar-refractivity contribution >= 4 is 23.5 Å². The van der Waals surface area contributed by atoms with Gasteiger partial charge in [-0.1, -0.05) is 24.4 Å². The lowest BCUT2D eigenvalue weighted by Gasteiger charge is -2.33. The number of fused-ring (bicyclic) bond motifs is 1. The Balaban J connectivity index is 1.94. The number of aryl methyl sites for hydroxylation is 1. The molecular formula is C15H19ClN2O3. The second-order valence-electron chi connectivity index (χ2n) is 6.07. The largest absolute Gasteiger partial charge is 0.480 e. The van der Waals surface area contributed by atoms with Crippen LogP contribution in [0.25, 0.3) is 0 Å². The van der Waals surface area contributed by atoms with E-state index in [0.717, 1.165) is 25.7 Å². The van der Waals surface area contributed by atoms with Crippen molar-refractivity contribution in [2.75, 3.05) is 0 Å². The van der Waals surface area contributed by atoms with E-state index < -0.39 is 12.0 Å². The van der Waals surface area contributed by atoms with Crippen LogP contribution in [0.2, 0.25) is 5.02 Å². The predicted molar refractivity (Wildman–Crippen MR) is 78.4 cm³/mol. The Morgan fingerprint density at radius 1 is 1.33 bits per heavy atom. The minimum Gasteiger partial charge on any atom is -0.480 e. The van der Waals surface area contributed by atoms with Gasteiger partial charge in [0, 0.05) is 19.3 Å². The van der Waals surface area contributed by atoms with E-state index in [1.165, 1.54) is 0 Å². The number of hydrogen-bond acceptors (Lipinski definition) is 2. The predicted octanol–water partition coefficient (Wildman–Crippen LogP) is 2.54. The van der Waals surface area contributed by atoms with Gasteiger partial charge in [-0.15, -0.1) is 0 Å². The van der Waals surface area contributed by atoms with Crippen LogP contribution >= 0.6 is 11.6 Å². The van der Waals surface area contributed by atoms with Crippen molar-refractivity contribution < 1.29 is 14.7 Å². The molecule has 0 radical (unpaired) electrons. The number of aromatic nitrogens is 1. The summed E-state index contributed by atoms with van der Waals surface area (Å²) in [6.45, 7) is 0. The van der Waals surface area contributed by atoms with Crippen LogP contribution in [-0.4, -0.2) is 38.5 Å². The van der Waals surface area contributed by atoms with Gasteiger partial charge in [-0.2, -0.15) is 0 Å². The third-order valence-corrected chi connectivity index (χ3v) is 5.01. The quantitative estimate of drug-likeness (QED) is 0.913. The summed E-state index contributed by atoms with van der Waals surface area (Å²) >= 11 is 5.94. The van der Waals surface area contributed by atoms with Gasteiger partial charge in [-0.3, -0.25) is 4.79 Å². The van der Waals surface area contributed by atoms with Gasteiger partial charge in [0.1, 0.15) is 11.7 Å². The number of carbonyl (C=O) groups is 2. The number of carboxylic acids is 1. The Morgan fingerprint density at radius 2 is 2.05 bits per heavy atom. The van der Waals surface area contributed by atoms with E-state index in [-0.39, 0.29) is 11.9 Å². The fourth-order valence-electron chi connectivity index (χ4n) is 3.84. The second-order valence-corrected chi connectivity index (χ2v) is 6.50. The summed E-state index contributed by atoms with van der Waals surface area (Å²) in [6.07, 6.45) is 6.35. The van der Waals surface area contributed by atoms with Crippen molar-refractivity contribution in [3.63, 3.8) is 0 Å². The summed E-state index contributed by atoms with van der Waals surface area (Å²) in [5.41, 5.74) is 0.456. The molecule has 6 heteroatoms. The van der Waals surface area contributed by atoms with Crippen LogP contribution in [0.15, 0.2) is 12.3 Å². The molecule has 3 unspecified atom stereocenters. The number of halogens is 1. The summed E-state index contributed by atoms with van der Waals surface area (Å²) < 4.78 is 1.67. The molecule has 0 aromatic carbocycles. The van der Waals surface area contributed by atoms with Crippen LogP contribution in [0.4, 0.5) is 0 Å². The molecule has 1 amide bonds. The number of hydrogen-bond donors (Lipinski definition) is 1. The van der Waals surface area contributed by atoms with Gasteiger partial charge < -0.3 is 14.6 Å². The molecule has 1 N–H and O–H groups in total. The zero-order chi connectivity index (χ0) is 15.1. The monoisotopic (exact) mass is 310 g/mol. The minimum absolute atomic E-state index is 0.0565. The molecule has 1 saturated carbocycles. The molecule has 1 aromatic heterocycles. The summed E-state index contributed by atoms with van der Waals surface area (Å²) in [5.74, 6) is -0.802. The molecule has 3 rings (SSSR count). The molecule has 0 bridgehead atoms. The van der Waals surface area contributed by atoms with Crippen molar-refractivity contribution in [1.29, 1.82) is 0 Å². The zero-order valence-electron chi connectivity index (χ0n) is 12.0. The van der Waals surface area contributed by atoms with Crippen molar-refractivity contribution in [3.8, 4) is 0 Å². The van der Waals surface area contributed by atoms with Gasteiger partial charge in [0.15, 0.2) is 0 Å². The normalized spacial score (nSPS) is 28.5. The number of likely N-dealkylation sites (tertiary alicyclic amines) is 1. The van der Waals surface area contributed by atoms with Gasteiger partial charge in [0.25, 0.3) is 5.91 Å². The van der Waals surface area contributed by atoms with Crippen molar-refractivity contribution in [3.05, 3.63) is 23.0 Å². The maximum Gasteiger partial charge on any atom is 0.326 e. The molecule has 0 spiro atoms. The molecule has 2 aliphatic rings. The van der Waals surface area contributed by atoms with Crippen LogP contribution in [0.1, 0.15) is 42.6 Å². The highest BCUT2D eigenvalue weighted by Gasteiger charge is 2.48. The van der Waals surface area contributed by atoms with Gasteiger partial charge in [-0.05, 0) is 31.2 Å². The van der Waals surface area contributed by atoms with Crippen molar-refractivity contribution in [1.82, 2.24) is 9.47 Å². The Labute approximate surface area is 128 Å². The van der Waals surface area contributed by atoms with Gasteiger partial charge in [0.05, 0.1) is 5.02 Å². The summed E-state index contributed by atoms with van der Waals surface area (Å²) in [4.78, 5) is 26.0. The highest BCUT2D eigenvalue weighted by atomic mass is 35.5. The lowest BCUT2D eigenvalue weighted by atomic mass is 9.84. The molecule has 2 heterocycles. The number of rotatable bonds is 2. The van der Waals surface area contributed by atoms with Crippen LogP contribution in [-0.2, 0) is 11.8 Å². The highest BCUT2D eigenvalue weighted by Crippen LogP contribution is 2.40. The highest BCUT2D eigenvalue weighted by molar-refractivity contribution is 6.31. The molecule has 114 valence electrons. The number of amides is 1. The average Bonchev–Trinajstić information content (AvgIpc) is 2.98. The van der Waals surface area contributed by atoms with Crippen LogP contribution in [0.3, 0.4) is 0 Å². The Kier molecular flexibility index (Phi) is 3.69. The molecule has 1 saturated heterocycles. The number of aliphatic carboxylic acids is 1. The van der Waals surface area contributed by atoms with E-state index >= 15 is 0 Å². The first-order chi connectivity index (χ1) is 9.99. The van der Waals surface area contributed by atoms with E-state index in [1.807, 2.05) is 0 Å². The van der Waals surface area contributed by atoms with Crippen LogP contribution < -0.4 is 0 Å². The minimum atomic E-state index is -0.905. The fraction of sp³-hybridized carbons (Fsp3) is 0.600. The second kappa shape index (κ2) is 5.37. The first-order valence-electron chi connectivity index (χ1n) is 7.36. The molecule has 2 fully saturated rings. The summed E-state index contributed by atoms with van der Waals surface area (Å²) in [5, 5.41) is 9.97. The SMILES string of the molecule is Cn1cc(Cl)cc1C(=O)N1C(C(=O)O)CC2CCCCC21. The molecule has 5 nitrogen and oxygen atoms in total. The third kappa shape index (κ3) is 2.44. The standard InChI is InChI=1S/C15H19ClN2O3/c1-17-8-10(16)7-12(17)14(19)18-11-5-3-2-4-9(11)6-13(18)15(20)21/h7-9,11,13H,2-6H2,1H3,(H,20,21). The van der Waals surface area contributed by atoms with Crippen molar-refractivity contribution in [2.45, 2.75) is 44.2 Å². The third-order valence-electron chi connectivity index (χ3n) is 4.80. The van der Waals surface area contributed by atoms with E-state index in [0.29, 0.717) is 23.1 Å². The first kappa shape index (κ1) is 14.4. The molecule has 1 aliphatic carbocycles. The maximum atomic E-state index is 12.8. The molecule has 21 heavy (non-hydrogen) atoms. The van der Waals surface area contributed by atoms with E-state index in [2.05, 4.69) is 0 Å². The van der Waals surface area contributed by atoms with E-state index in [9.17, 15) is 14.7 Å². The van der Waals surface area contributed by atoms with Crippen molar-refractivity contribution in [2.24, 2.45) is 13.0 Å². The zero-order valence-corrected chi connectivity index (χ0v) is 12.7. The number of carboxylic acid groups (broad SMARTS) is 1. The Morgan fingerprint density at radius 3 is 2.67 bits per heavy atom. The fourth-order valence-corrected chi connectivity index (χ4v) is 4.09. The summed E-state index contributed by atoms with van der Waals surface area (Å²) in [7, 11) is 1.75. The maximum absolute atomic E-state index is 12.8. The first-order valence-corrected chi connectivity index (χ1v) is 7.74. The Hall–Kier alpha value is -1.49. The Bertz CT molecular complexity index is 583. The van der Waals surface area contributed by atoms with Gasteiger partial charge >= 0.3 is 5.97 Å². The van der Waals surface area contributed by atoms with E-state index in [4.69, 9.17) is 11.6 Å². The number of nitrogens with zero attached hydrogens (tertiary/aromatic N) is 2. The van der Waals surface area contributed by atoms with Gasteiger partial charge in [0.2, 0.25) is 0 Å². The smallest absolute Gasteiger partial charge is 0.326 e. The lowest BCUT2D eigenvalue weighted by molar-refractivity contribution is -0.141. The van der Waals surface area contributed by atoms with Crippen LogP contribution in [0, 0.1) is 5.92 Å². The topological polar surface area (TPSA) is 62.5 Å². The number of carbonyl (C=O) groups excluding carboxylic acids is 1. The lowest BCUT2D eigenvalue weighted by Crippen LogP contribution is -2.46. The molecular weight excluding hydrogens is 292 g/mol. The molecule has 1 aromatic rings. The summed E-state index contributed by atoms with van der Waals surface area (Å²) in [6, 6.07) is 0.958. The molecule has 3 atom stereocenters. The molecule has 1 aliphatic heterocycles.